The van der Waals surface area contributed by atoms with E-state index < -0.39 is 5.54 Å². The molecule has 1 atom stereocenters. The van der Waals surface area contributed by atoms with Crippen LogP contribution < -0.4 is 5.06 Å². The zero-order chi connectivity index (χ0) is 11.1. The summed E-state index contributed by atoms with van der Waals surface area (Å²) in [6.07, 6.45) is 0. The van der Waals surface area contributed by atoms with Crippen molar-refractivity contribution in [1.82, 2.24) is 9.97 Å². The predicted octanol–water partition coefficient (Wildman–Crippen LogP) is 1.38. The van der Waals surface area contributed by atoms with E-state index >= 15 is 0 Å². The summed E-state index contributed by atoms with van der Waals surface area (Å²) in [5.41, 5.74) is 1.35. The van der Waals surface area contributed by atoms with Crippen LogP contribution in [0.4, 0.5) is 5.95 Å². The fourth-order valence-electron chi connectivity index (χ4n) is 1.42. The van der Waals surface area contributed by atoms with Crippen LogP contribution in [-0.4, -0.2) is 15.5 Å². The topological polar surface area (TPSA) is 56.2 Å². The molecule has 0 aliphatic heterocycles. The summed E-state index contributed by atoms with van der Waals surface area (Å²) in [4.78, 5) is 7.32. The van der Waals surface area contributed by atoms with Gasteiger partial charge in [0.25, 0.3) is 0 Å². The first-order chi connectivity index (χ1) is 6.98. The van der Waals surface area contributed by atoms with Crippen molar-refractivity contribution in [3.05, 3.63) is 29.5 Å². The SMILES string of the molecule is CC(C)(C)[NH+]([O-])c1nc2ccccc2[nH]1. The average molecular weight is 205 g/mol. The first-order valence-corrected chi connectivity index (χ1v) is 4.98. The van der Waals surface area contributed by atoms with E-state index in [0.29, 0.717) is 5.95 Å². The van der Waals surface area contributed by atoms with E-state index in [2.05, 4.69) is 9.97 Å². The molecule has 0 amide bonds. The highest BCUT2D eigenvalue weighted by Crippen LogP contribution is 2.11. The molecular formula is C11H15N3O. The molecule has 1 heterocycles. The van der Waals surface area contributed by atoms with Gasteiger partial charge in [0.15, 0.2) is 0 Å². The number of benzene rings is 1. The number of para-hydroxylation sites is 2. The third-order valence-corrected chi connectivity index (χ3v) is 2.29. The van der Waals surface area contributed by atoms with Crippen LogP contribution >= 0.6 is 0 Å². The van der Waals surface area contributed by atoms with Crippen LogP contribution in [0.2, 0.25) is 0 Å². The van der Waals surface area contributed by atoms with Crippen molar-refractivity contribution in [3.63, 3.8) is 0 Å². The number of H-pyrrole nitrogens is 1. The lowest BCUT2D eigenvalue weighted by Gasteiger charge is -2.32. The molecule has 0 bridgehead atoms. The van der Waals surface area contributed by atoms with Crippen molar-refractivity contribution in [2.45, 2.75) is 26.3 Å². The molecule has 2 rings (SSSR count). The third kappa shape index (κ3) is 1.86. The Morgan fingerprint density at radius 3 is 2.53 bits per heavy atom. The van der Waals surface area contributed by atoms with Crippen molar-refractivity contribution in [2.75, 3.05) is 0 Å². The number of hydrogen-bond donors (Lipinski definition) is 2. The van der Waals surface area contributed by atoms with Gasteiger partial charge in [0, 0.05) is 0 Å². The summed E-state index contributed by atoms with van der Waals surface area (Å²) in [6.45, 7) is 5.67. The fraction of sp³-hybridized carbons (Fsp3) is 0.364. The number of nitrogens with one attached hydrogen (secondary N) is 2. The molecule has 1 unspecified atom stereocenters. The Morgan fingerprint density at radius 2 is 1.93 bits per heavy atom. The highest BCUT2D eigenvalue weighted by Gasteiger charge is 2.22. The van der Waals surface area contributed by atoms with Crippen LogP contribution in [-0.2, 0) is 0 Å². The van der Waals surface area contributed by atoms with Crippen LogP contribution in [0.25, 0.3) is 11.0 Å². The van der Waals surface area contributed by atoms with Gasteiger partial charge < -0.3 is 10.3 Å². The molecular weight excluding hydrogens is 190 g/mol. The molecule has 80 valence electrons. The summed E-state index contributed by atoms with van der Waals surface area (Å²) >= 11 is 0. The Labute approximate surface area is 88.5 Å². The second kappa shape index (κ2) is 3.32. The van der Waals surface area contributed by atoms with Gasteiger partial charge >= 0.3 is 5.95 Å². The quantitative estimate of drug-likeness (QED) is 0.691. The van der Waals surface area contributed by atoms with Gasteiger partial charge in [-0.15, -0.1) is 0 Å². The molecule has 1 aromatic heterocycles. The van der Waals surface area contributed by atoms with E-state index in [1.54, 1.807) is 0 Å². The minimum Gasteiger partial charge on any atom is -0.626 e. The molecule has 4 heteroatoms. The van der Waals surface area contributed by atoms with Crippen molar-refractivity contribution in [1.29, 1.82) is 0 Å². The Morgan fingerprint density at radius 1 is 1.27 bits per heavy atom. The number of aromatic nitrogens is 2. The second-order valence-electron chi connectivity index (χ2n) is 4.68. The van der Waals surface area contributed by atoms with Gasteiger partial charge in [-0.25, -0.2) is 0 Å². The third-order valence-electron chi connectivity index (χ3n) is 2.29. The van der Waals surface area contributed by atoms with Crippen LogP contribution in [0.1, 0.15) is 20.8 Å². The maximum Gasteiger partial charge on any atom is 0.306 e. The number of nitrogens with zero attached hydrogens (tertiary/aromatic N) is 1. The maximum atomic E-state index is 11.9. The van der Waals surface area contributed by atoms with E-state index in [0.717, 1.165) is 11.0 Å². The normalized spacial score (nSPS) is 14.4. The molecule has 1 aromatic carbocycles. The monoisotopic (exact) mass is 205 g/mol. The molecule has 0 aliphatic rings. The molecule has 2 N–H and O–H groups in total. The Kier molecular flexibility index (Phi) is 2.25. The molecule has 0 spiro atoms. The van der Waals surface area contributed by atoms with Gasteiger partial charge in [0.1, 0.15) is 0 Å². The Hall–Kier alpha value is -1.39. The Bertz CT molecular complexity index is 437. The van der Waals surface area contributed by atoms with Crippen LogP contribution in [0.15, 0.2) is 24.3 Å². The van der Waals surface area contributed by atoms with E-state index in [9.17, 15) is 5.21 Å². The van der Waals surface area contributed by atoms with E-state index in [4.69, 9.17) is 0 Å². The van der Waals surface area contributed by atoms with E-state index in [-0.39, 0.29) is 5.06 Å². The molecule has 0 saturated carbocycles. The van der Waals surface area contributed by atoms with Gasteiger partial charge in [0.05, 0.1) is 16.6 Å². The molecule has 0 radical (unpaired) electrons. The first kappa shape index (κ1) is 10.1. The van der Waals surface area contributed by atoms with Crippen LogP contribution in [0, 0.1) is 5.21 Å². The Balaban J connectivity index is 2.45. The number of aromatic amines is 1. The lowest BCUT2D eigenvalue weighted by atomic mass is 10.1. The molecule has 15 heavy (non-hydrogen) atoms. The number of rotatable bonds is 1. The largest absolute Gasteiger partial charge is 0.626 e. The number of hydroxylamine groups is 1. The molecule has 4 nitrogen and oxygen atoms in total. The zero-order valence-corrected chi connectivity index (χ0v) is 9.16. The standard InChI is InChI=1S/C11H15N3O/c1-11(2,3)14(15)10-12-8-6-4-5-7-9(8)13-10/h4-7,14H,1-3H3,(H,12,13). The number of hydrogen-bond acceptors (Lipinski definition) is 2. The second-order valence-corrected chi connectivity index (χ2v) is 4.68. The van der Waals surface area contributed by atoms with Crippen molar-refractivity contribution in [3.8, 4) is 0 Å². The minimum absolute atomic E-state index is 0.0405. The van der Waals surface area contributed by atoms with Crippen LogP contribution in [0.5, 0.6) is 0 Å². The van der Waals surface area contributed by atoms with Gasteiger partial charge in [-0.3, -0.25) is 4.98 Å². The highest BCUT2D eigenvalue weighted by molar-refractivity contribution is 5.75. The number of quaternary nitrogens is 1. The molecule has 2 aromatic rings. The first-order valence-electron chi connectivity index (χ1n) is 4.98. The van der Waals surface area contributed by atoms with Crippen molar-refractivity contribution in [2.24, 2.45) is 0 Å². The predicted molar refractivity (Wildman–Crippen MR) is 59.8 cm³/mol. The number of imidazole rings is 1. The summed E-state index contributed by atoms with van der Waals surface area (Å²) in [6, 6.07) is 7.65. The lowest BCUT2D eigenvalue weighted by Crippen LogP contribution is -3.10. The van der Waals surface area contributed by atoms with Crippen molar-refractivity contribution < 1.29 is 5.06 Å². The zero-order valence-electron chi connectivity index (χ0n) is 9.16. The fourth-order valence-corrected chi connectivity index (χ4v) is 1.42. The van der Waals surface area contributed by atoms with Gasteiger partial charge in [-0.2, -0.15) is 4.98 Å². The minimum atomic E-state index is -0.395. The van der Waals surface area contributed by atoms with Gasteiger partial charge in [-0.1, -0.05) is 12.1 Å². The summed E-state index contributed by atoms with van der Waals surface area (Å²) in [5.74, 6) is 0.448. The summed E-state index contributed by atoms with van der Waals surface area (Å²) in [7, 11) is 0. The average Bonchev–Trinajstić information content (AvgIpc) is 2.58. The van der Waals surface area contributed by atoms with Gasteiger partial charge in [0.2, 0.25) is 0 Å². The summed E-state index contributed by atoms with van der Waals surface area (Å²) < 4.78 is 0. The van der Waals surface area contributed by atoms with Crippen LogP contribution in [0.3, 0.4) is 0 Å². The van der Waals surface area contributed by atoms with E-state index in [1.807, 2.05) is 45.0 Å². The molecule has 0 saturated heterocycles. The summed E-state index contributed by atoms with van der Waals surface area (Å²) in [5, 5.41) is 12.0. The highest BCUT2D eigenvalue weighted by atomic mass is 16.5. The molecule has 0 aliphatic carbocycles. The molecule has 0 fully saturated rings. The van der Waals surface area contributed by atoms with E-state index in [1.165, 1.54) is 0 Å². The smallest absolute Gasteiger partial charge is 0.306 e. The van der Waals surface area contributed by atoms with Crippen molar-refractivity contribution >= 4 is 17.0 Å². The van der Waals surface area contributed by atoms with Gasteiger partial charge in [-0.05, 0) is 32.9 Å². The number of fused-ring (bicyclic) bond motifs is 1. The lowest BCUT2D eigenvalue weighted by molar-refractivity contribution is -0.836. The maximum absolute atomic E-state index is 11.9.